The molecule has 0 radical (unpaired) electrons. The summed E-state index contributed by atoms with van der Waals surface area (Å²) < 4.78 is 31.6. The van der Waals surface area contributed by atoms with E-state index < -0.39 is 15.4 Å². The summed E-state index contributed by atoms with van der Waals surface area (Å²) in [5.74, 6) is 0. The summed E-state index contributed by atoms with van der Waals surface area (Å²) in [6, 6.07) is 0. The molecule has 0 amide bonds. The van der Waals surface area contributed by atoms with Crippen LogP contribution in [0.3, 0.4) is 0 Å². The Morgan fingerprint density at radius 3 is 1.67 bits per heavy atom. The monoisotopic (exact) mass is 288 g/mol. The first-order valence-electron chi connectivity index (χ1n) is 6.98. The average molecular weight is 288 g/mol. The van der Waals surface area contributed by atoms with Crippen molar-refractivity contribution in [2.75, 3.05) is 0 Å². The molecule has 0 aromatic heterocycles. The Labute approximate surface area is 135 Å². The molecule has 0 spiro atoms. The first-order chi connectivity index (χ1) is 8.02. The Bertz CT molecular complexity index is 265. The number of unbranched alkanes of at least 4 members (excludes halogenated alkanes) is 6. The van der Waals surface area contributed by atoms with Crippen LogP contribution in [0, 0.1) is 0 Å². The molecular formula is C13H29NaO3S. The van der Waals surface area contributed by atoms with E-state index in [-0.39, 0.29) is 29.6 Å². The molecule has 0 rings (SSSR count). The van der Waals surface area contributed by atoms with Crippen LogP contribution < -0.4 is 0 Å². The molecule has 18 heavy (non-hydrogen) atoms. The van der Waals surface area contributed by atoms with Crippen molar-refractivity contribution in [3.63, 3.8) is 0 Å². The van der Waals surface area contributed by atoms with E-state index in [1.54, 1.807) is 0 Å². The Morgan fingerprint density at radius 1 is 0.833 bits per heavy atom. The maximum absolute atomic E-state index is 11.2. The molecule has 0 aliphatic heterocycles. The van der Waals surface area contributed by atoms with Crippen molar-refractivity contribution in [2.45, 2.75) is 83.3 Å². The Morgan fingerprint density at radius 2 is 1.22 bits per heavy atom. The van der Waals surface area contributed by atoms with Gasteiger partial charge in [0.05, 0.1) is 5.25 Å². The van der Waals surface area contributed by atoms with Gasteiger partial charge in [-0.15, -0.1) is 0 Å². The fraction of sp³-hybridized carbons (Fsp3) is 1.00. The Kier molecular flexibility index (Phi) is 15.2. The van der Waals surface area contributed by atoms with Crippen LogP contribution in [0.2, 0.25) is 0 Å². The third-order valence-corrected chi connectivity index (χ3v) is 4.49. The molecule has 0 saturated carbocycles. The van der Waals surface area contributed by atoms with Crippen LogP contribution in [0.4, 0.5) is 0 Å². The molecule has 106 valence electrons. The van der Waals surface area contributed by atoms with Crippen LogP contribution in [0.15, 0.2) is 0 Å². The SMILES string of the molecule is CCCCCCCC(CCCCC)S(=O)(=O)O.[NaH]. The fourth-order valence-corrected chi connectivity index (χ4v) is 2.97. The predicted octanol–water partition coefficient (Wildman–Crippen LogP) is 3.54. The summed E-state index contributed by atoms with van der Waals surface area (Å²) >= 11 is 0. The summed E-state index contributed by atoms with van der Waals surface area (Å²) in [6.07, 6.45) is 9.82. The van der Waals surface area contributed by atoms with Gasteiger partial charge in [-0.05, 0) is 12.8 Å². The van der Waals surface area contributed by atoms with Crippen LogP contribution in [0.5, 0.6) is 0 Å². The van der Waals surface area contributed by atoms with E-state index in [2.05, 4.69) is 13.8 Å². The Balaban J connectivity index is 0. The van der Waals surface area contributed by atoms with E-state index in [9.17, 15) is 8.42 Å². The van der Waals surface area contributed by atoms with Crippen molar-refractivity contribution in [2.24, 2.45) is 0 Å². The van der Waals surface area contributed by atoms with Gasteiger partial charge in [0.25, 0.3) is 10.1 Å². The molecule has 0 aromatic carbocycles. The van der Waals surface area contributed by atoms with Crippen molar-refractivity contribution < 1.29 is 13.0 Å². The summed E-state index contributed by atoms with van der Waals surface area (Å²) in [5, 5.41) is -0.532. The second-order valence-electron chi connectivity index (χ2n) is 4.84. The van der Waals surface area contributed by atoms with Gasteiger partial charge < -0.3 is 0 Å². The first kappa shape index (κ1) is 21.2. The summed E-state index contributed by atoms with van der Waals surface area (Å²) in [4.78, 5) is 0. The molecule has 1 N–H and O–H groups in total. The molecule has 3 nitrogen and oxygen atoms in total. The van der Waals surface area contributed by atoms with Gasteiger partial charge in [-0.1, -0.05) is 65.2 Å². The molecule has 0 aromatic rings. The molecule has 0 bridgehead atoms. The molecule has 0 saturated heterocycles. The van der Waals surface area contributed by atoms with Crippen LogP contribution in [-0.4, -0.2) is 47.8 Å². The van der Waals surface area contributed by atoms with Crippen LogP contribution in [-0.2, 0) is 10.1 Å². The standard InChI is InChI=1S/C13H28O3S.Na.H/c1-3-5-7-8-10-12-13(17(14,15)16)11-9-6-4-2;;/h13H,3-12H2,1-2H3,(H,14,15,16);;. The van der Waals surface area contributed by atoms with Gasteiger partial charge in [-0.2, -0.15) is 8.42 Å². The van der Waals surface area contributed by atoms with Crippen molar-refractivity contribution in [1.29, 1.82) is 0 Å². The fourth-order valence-electron chi connectivity index (χ4n) is 2.04. The van der Waals surface area contributed by atoms with Crippen molar-refractivity contribution in [3.8, 4) is 0 Å². The third-order valence-electron chi connectivity index (χ3n) is 3.18. The second-order valence-corrected chi connectivity index (χ2v) is 6.53. The average Bonchev–Trinajstić information content (AvgIpc) is 2.25. The molecule has 0 aliphatic rings. The van der Waals surface area contributed by atoms with Crippen LogP contribution in [0.1, 0.15) is 78.1 Å². The van der Waals surface area contributed by atoms with E-state index in [1.165, 1.54) is 19.3 Å². The van der Waals surface area contributed by atoms with Crippen molar-refractivity contribution >= 4 is 39.7 Å². The minimum atomic E-state index is -3.84. The molecule has 1 atom stereocenters. The number of hydrogen-bond acceptors (Lipinski definition) is 2. The van der Waals surface area contributed by atoms with Crippen LogP contribution in [0.25, 0.3) is 0 Å². The minimum absolute atomic E-state index is 0. The van der Waals surface area contributed by atoms with Gasteiger partial charge in [0.1, 0.15) is 0 Å². The first-order valence-corrected chi connectivity index (χ1v) is 8.49. The molecule has 5 heteroatoms. The number of hydrogen-bond donors (Lipinski definition) is 1. The van der Waals surface area contributed by atoms with Gasteiger partial charge >= 0.3 is 29.6 Å². The van der Waals surface area contributed by atoms with Gasteiger partial charge in [0.15, 0.2) is 0 Å². The van der Waals surface area contributed by atoms with E-state index >= 15 is 0 Å². The molecule has 0 fully saturated rings. The van der Waals surface area contributed by atoms with Gasteiger partial charge in [0.2, 0.25) is 0 Å². The third kappa shape index (κ3) is 12.0. The van der Waals surface area contributed by atoms with Crippen molar-refractivity contribution in [3.05, 3.63) is 0 Å². The van der Waals surface area contributed by atoms with E-state index in [1.807, 2.05) is 0 Å². The Hall–Kier alpha value is 0.910. The zero-order chi connectivity index (χ0) is 13.1. The summed E-state index contributed by atoms with van der Waals surface area (Å²) in [5.41, 5.74) is 0. The maximum atomic E-state index is 11.2. The quantitative estimate of drug-likeness (QED) is 0.359. The zero-order valence-electron chi connectivity index (χ0n) is 11.3. The van der Waals surface area contributed by atoms with Gasteiger partial charge in [-0.25, -0.2) is 0 Å². The van der Waals surface area contributed by atoms with Gasteiger partial charge in [-0.3, -0.25) is 4.55 Å². The van der Waals surface area contributed by atoms with Crippen LogP contribution >= 0.6 is 0 Å². The van der Waals surface area contributed by atoms with E-state index in [4.69, 9.17) is 4.55 Å². The molecule has 0 heterocycles. The topological polar surface area (TPSA) is 54.4 Å². The normalized spacial score (nSPS) is 13.1. The predicted molar refractivity (Wildman–Crippen MR) is 80.0 cm³/mol. The van der Waals surface area contributed by atoms with E-state index in [0.29, 0.717) is 12.8 Å². The second kappa shape index (κ2) is 12.9. The summed E-state index contributed by atoms with van der Waals surface area (Å²) in [7, 11) is -3.84. The van der Waals surface area contributed by atoms with Gasteiger partial charge in [0, 0.05) is 0 Å². The molecule has 1 unspecified atom stereocenters. The zero-order valence-corrected chi connectivity index (χ0v) is 12.1. The summed E-state index contributed by atoms with van der Waals surface area (Å²) in [6.45, 7) is 4.25. The molecular weight excluding hydrogens is 259 g/mol. The van der Waals surface area contributed by atoms with Crippen molar-refractivity contribution in [1.82, 2.24) is 0 Å². The number of rotatable bonds is 11. The molecule has 0 aliphatic carbocycles. The van der Waals surface area contributed by atoms with E-state index in [0.717, 1.165) is 32.1 Å².